The van der Waals surface area contributed by atoms with Gasteiger partial charge in [-0.1, -0.05) is 13.0 Å². The van der Waals surface area contributed by atoms with E-state index in [4.69, 9.17) is 0 Å². The first-order chi connectivity index (χ1) is 11.1. The molecule has 1 aliphatic heterocycles. The van der Waals surface area contributed by atoms with Crippen LogP contribution in [0.4, 0.5) is 11.4 Å². The molecule has 1 unspecified atom stereocenters. The molecular weight excluding hydrogens is 290 g/mol. The second-order valence-corrected chi connectivity index (χ2v) is 6.08. The highest BCUT2D eigenvalue weighted by Gasteiger charge is 2.24. The summed E-state index contributed by atoms with van der Waals surface area (Å²) in [5, 5.41) is 6.02. The average molecular weight is 317 g/mol. The van der Waals surface area contributed by atoms with E-state index in [0.717, 1.165) is 37.2 Å². The molecule has 0 saturated carbocycles. The van der Waals surface area contributed by atoms with Crippen LogP contribution in [0.5, 0.6) is 0 Å². The van der Waals surface area contributed by atoms with Crippen LogP contribution in [0, 0.1) is 0 Å². The third-order valence-corrected chi connectivity index (χ3v) is 4.27. The van der Waals surface area contributed by atoms with Gasteiger partial charge in [-0.3, -0.25) is 9.59 Å². The average Bonchev–Trinajstić information content (AvgIpc) is 2.54. The summed E-state index contributed by atoms with van der Waals surface area (Å²) in [7, 11) is 0. The Morgan fingerprint density at radius 1 is 1.26 bits per heavy atom. The van der Waals surface area contributed by atoms with Crippen molar-refractivity contribution in [3.8, 4) is 0 Å². The minimum atomic E-state index is -0.0898. The van der Waals surface area contributed by atoms with Crippen molar-refractivity contribution in [3.05, 3.63) is 24.3 Å². The maximum absolute atomic E-state index is 12.4. The van der Waals surface area contributed by atoms with Crippen LogP contribution in [0.25, 0.3) is 0 Å². The standard InChI is InChI=1S/C18H27N3O2/c1-3-17-9-4-5-12-21(17)18(23)10-11-19-15-7-6-8-16(13-15)20-14(2)22/h6-8,13,17,19H,3-5,9-12H2,1-2H3,(H,20,22). The summed E-state index contributed by atoms with van der Waals surface area (Å²) in [6.07, 6.45) is 5.03. The Balaban J connectivity index is 1.82. The van der Waals surface area contributed by atoms with Gasteiger partial charge in [-0.25, -0.2) is 0 Å². The van der Waals surface area contributed by atoms with Crippen molar-refractivity contribution in [2.75, 3.05) is 23.7 Å². The molecule has 0 spiro atoms. The molecule has 1 aromatic carbocycles. The van der Waals surface area contributed by atoms with Gasteiger partial charge in [0, 0.05) is 43.9 Å². The molecule has 5 nitrogen and oxygen atoms in total. The van der Waals surface area contributed by atoms with Gasteiger partial charge in [0.15, 0.2) is 0 Å². The summed E-state index contributed by atoms with van der Waals surface area (Å²) >= 11 is 0. The van der Waals surface area contributed by atoms with Gasteiger partial charge in [0.2, 0.25) is 11.8 Å². The van der Waals surface area contributed by atoms with Crippen LogP contribution in [-0.4, -0.2) is 35.8 Å². The van der Waals surface area contributed by atoms with Crippen molar-refractivity contribution >= 4 is 23.2 Å². The van der Waals surface area contributed by atoms with E-state index in [1.165, 1.54) is 13.3 Å². The largest absolute Gasteiger partial charge is 0.384 e. The maximum Gasteiger partial charge on any atom is 0.224 e. The molecule has 1 atom stereocenters. The van der Waals surface area contributed by atoms with Crippen molar-refractivity contribution < 1.29 is 9.59 Å². The van der Waals surface area contributed by atoms with E-state index in [9.17, 15) is 9.59 Å². The zero-order valence-electron chi connectivity index (χ0n) is 14.1. The Morgan fingerprint density at radius 2 is 2.04 bits per heavy atom. The van der Waals surface area contributed by atoms with Crippen LogP contribution in [0.1, 0.15) is 46.0 Å². The molecule has 1 aromatic rings. The highest BCUT2D eigenvalue weighted by molar-refractivity contribution is 5.89. The smallest absolute Gasteiger partial charge is 0.224 e. The van der Waals surface area contributed by atoms with Crippen LogP contribution < -0.4 is 10.6 Å². The van der Waals surface area contributed by atoms with Crippen LogP contribution in [-0.2, 0) is 9.59 Å². The van der Waals surface area contributed by atoms with E-state index in [1.807, 2.05) is 24.3 Å². The number of carbonyl (C=O) groups is 2. The van der Waals surface area contributed by atoms with Gasteiger partial charge in [-0.05, 0) is 43.9 Å². The lowest BCUT2D eigenvalue weighted by atomic mass is 9.99. The first kappa shape index (κ1) is 17.3. The second kappa shape index (κ2) is 8.56. The molecule has 0 aromatic heterocycles. The van der Waals surface area contributed by atoms with Crippen molar-refractivity contribution in [2.24, 2.45) is 0 Å². The van der Waals surface area contributed by atoms with Crippen LogP contribution >= 0.6 is 0 Å². The third-order valence-electron chi connectivity index (χ3n) is 4.27. The number of carbonyl (C=O) groups excluding carboxylic acids is 2. The van der Waals surface area contributed by atoms with E-state index in [2.05, 4.69) is 22.5 Å². The molecule has 23 heavy (non-hydrogen) atoms. The predicted molar refractivity (Wildman–Crippen MR) is 93.5 cm³/mol. The van der Waals surface area contributed by atoms with Crippen LogP contribution in [0.15, 0.2) is 24.3 Å². The molecule has 1 fully saturated rings. The summed E-state index contributed by atoms with van der Waals surface area (Å²) in [4.78, 5) is 25.5. The van der Waals surface area contributed by atoms with E-state index in [1.54, 1.807) is 0 Å². The number of likely N-dealkylation sites (tertiary alicyclic amines) is 1. The summed E-state index contributed by atoms with van der Waals surface area (Å²) in [6.45, 7) is 5.15. The van der Waals surface area contributed by atoms with Gasteiger partial charge < -0.3 is 15.5 Å². The predicted octanol–water partition coefficient (Wildman–Crippen LogP) is 3.24. The summed E-state index contributed by atoms with van der Waals surface area (Å²) in [5.41, 5.74) is 1.67. The Hall–Kier alpha value is -2.04. The zero-order valence-corrected chi connectivity index (χ0v) is 14.1. The van der Waals surface area contributed by atoms with Crippen LogP contribution in [0.2, 0.25) is 0 Å². The molecule has 126 valence electrons. The van der Waals surface area contributed by atoms with Gasteiger partial charge in [0.25, 0.3) is 0 Å². The first-order valence-electron chi connectivity index (χ1n) is 8.51. The van der Waals surface area contributed by atoms with Gasteiger partial charge in [-0.2, -0.15) is 0 Å². The minimum Gasteiger partial charge on any atom is -0.384 e. The molecule has 1 heterocycles. The fourth-order valence-corrected chi connectivity index (χ4v) is 3.12. The Labute approximate surface area is 138 Å². The number of hydrogen-bond acceptors (Lipinski definition) is 3. The number of anilines is 2. The molecule has 0 bridgehead atoms. The van der Waals surface area contributed by atoms with Crippen molar-refractivity contribution in [1.82, 2.24) is 4.90 Å². The molecule has 2 rings (SSSR count). The number of hydrogen-bond donors (Lipinski definition) is 2. The van der Waals surface area contributed by atoms with Gasteiger partial charge in [-0.15, -0.1) is 0 Å². The molecule has 1 aliphatic rings. The first-order valence-corrected chi connectivity index (χ1v) is 8.51. The summed E-state index contributed by atoms with van der Waals surface area (Å²) in [6, 6.07) is 7.96. The van der Waals surface area contributed by atoms with Crippen molar-refractivity contribution in [1.29, 1.82) is 0 Å². The molecule has 0 aliphatic carbocycles. The molecule has 0 radical (unpaired) electrons. The summed E-state index contributed by atoms with van der Waals surface area (Å²) < 4.78 is 0. The monoisotopic (exact) mass is 317 g/mol. The number of rotatable bonds is 6. The lowest BCUT2D eigenvalue weighted by molar-refractivity contribution is -0.134. The third kappa shape index (κ3) is 5.27. The fourth-order valence-electron chi connectivity index (χ4n) is 3.12. The number of benzene rings is 1. The fraction of sp³-hybridized carbons (Fsp3) is 0.556. The van der Waals surface area contributed by atoms with E-state index < -0.39 is 0 Å². The van der Waals surface area contributed by atoms with Gasteiger partial charge >= 0.3 is 0 Å². The lowest BCUT2D eigenvalue weighted by Crippen LogP contribution is -2.43. The van der Waals surface area contributed by atoms with E-state index in [0.29, 0.717) is 19.0 Å². The highest BCUT2D eigenvalue weighted by Crippen LogP contribution is 2.20. The highest BCUT2D eigenvalue weighted by atomic mass is 16.2. The Morgan fingerprint density at radius 3 is 2.78 bits per heavy atom. The number of nitrogens with zero attached hydrogens (tertiary/aromatic N) is 1. The zero-order chi connectivity index (χ0) is 16.7. The Kier molecular flexibility index (Phi) is 6.44. The summed E-state index contributed by atoms with van der Waals surface area (Å²) in [5.74, 6) is 0.148. The SMILES string of the molecule is CCC1CCCCN1C(=O)CCNc1cccc(NC(C)=O)c1. The van der Waals surface area contributed by atoms with Crippen LogP contribution in [0.3, 0.4) is 0 Å². The molecule has 2 N–H and O–H groups in total. The lowest BCUT2D eigenvalue weighted by Gasteiger charge is -2.35. The number of amides is 2. The Bertz CT molecular complexity index is 545. The maximum atomic E-state index is 12.4. The van der Waals surface area contributed by atoms with Crippen molar-refractivity contribution in [3.63, 3.8) is 0 Å². The number of nitrogens with one attached hydrogen (secondary N) is 2. The number of piperidine rings is 1. The minimum absolute atomic E-state index is 0.0898. The quantitative estimate of drug-likeness (QED) is 0.847. The van der Waals surface area contributed by atoms with E-state index >= 15 is 0 Å². The second-order valence-electron chi connectivity index (χ2n) is 6.08. The van der Waals surface area contributed by atoms with Gasteiger partial charge in [0.05, 0.1) is 0 Å². The molecule has 2 amide bonds. The van der Waals surface area contributed by atoms with E-state index in [-0.39, 0.29) is 11.8 Å². The van der Waals surface area contributed by atoms with Gasteiger partial charge in [0.1, 0.15) is 0 Å². The molecular formula is C18H27N3O2. The topological polar surface area (TPSA) is 61.4 Å². The molecule has 5 heteroatoms. The normalized spacial score (nSPS) is 17.7. The van der Waals surface area contributed by atoms with Crippen molar-refractivity contribution in [2.45, 2.75) is 52.0 Å². The molecule has 1 saturated heterocycles.